The first-order valence-electron chi connectivity index (χ1n) is 7.34. The zero-order valence-corrected chi connectivity index (χ0v) is 14.0. The van der Waals surface area contributed by atoms with Crippen LogP contribution in [0.5, 0.6) is 0 Å². The highest BCUT2D eigenvalue weighted by atomic mass is 79.9. The average Bonchev–Trinajstić information content (AvgIpc) is 2.58. The number of anilines is 1. The van der Waals surface area contributed by atoms with Gasteiger partial charge in [0.25, 0.3) is 5.91 Å². The third-order valence-corrected chi connectivity index (χ3v) is 3.92. The van der Waals surface area contributed by atoms with Crippen LogP contribution in [-0.2, 0) is 0 Å². The van der Waals surface area contributed by atoms with E-state index in [4.69, 9.17) is 0 Å². The molecule has 0 aliphatic carbocycles. The van der Waals surface area contributed by atoms with E-state index in [1.165, 1.54) is 10.8 Å². The van der Waals surface area contributed by atoms with Crippen molar-refractivity contribution < 1.29 is 4.79 Å². The van der Waals surface area contributed by atoms with Crippen molar-refractivity contribution in [3.05, 3.63) is 71.0 Å². The number of nitrogens with zero attached hydrogens (tertiary/aromatic N) is 1. The van der Waals surface area contributed by atoms with Gasteiger partial charge in [-0.2, -0.15) is 0 Å². The fourth-order valence-corrected chi connectivity index (χ4v) is 2.76. The van der Waals surface area contributed by atoms with Crippen molar-refractivity contribution in [1.82, 2.24) is 10.3 Å². The van der Waals surface area contributed by atoms with Crippen LogP contribution in [0.15, 0.2) is 65.4 Å². The van der Waals surface area contributed by atoms with Crippen LogP contribution in [-0.4, -0.2) is 24.0 Å². The van der Waals surface area contributed by atoms with Gasteiger partial charge >= 0.3 is 0 Å². The molecule has 0 aliphatic rings. The number of benzene rings is 2. The summed E-state index contributed by atoms with van der Waals surface area (Å²) in [6.07, 6.45) is 3.21. The molecule has 1 heterocycles. The van der Waals surface area contributed by atoms with Gasteiger partial charge in [0.2, 0.25) is 0 Å². The molecule has 0 spiro atoms. The number of hydrogen-bond acceptors (Lipinski definition) is 3. The molecular formula is C18H16BrN3O. The lowest BCUT2D eigenvalue weighted by Crippen LogP contribution is -2.28. The molecule has 0 bridgehead atoms. The standard InChI is InChI=1S/C18H16BrN3O/c19-15-10-14(11-20-12-15)18(23)22-9-8-21-17-7-3-5-13-4-1-2-6-16(13)17/h1-7,10-12,21H,8-9H2,(H,22,23). The fraction of sp³-hybridized carbons (Fsp3) is 0.111. The molecule has 3 aromatic rings. The first-order valence-corrected chi connectivity index (χ1v) is 8.14. The Labute approximate surface area is 143 Å². The number of halogens is 1. The first-order chi connectivity index (χ1) is 11.2. The zero-order chi connectivity index (χ0) is 16.1. The molecule has 3 rings (SSSR count). The van der Waals surface area contributed by atoms with Gasteiger partial charge < -0.3 is 10.6 Å². The van der Waals surface area contributed by atoms with E-state index in [1.54, 1.807) is 18.5 Å². The van der Waals surface area contributed by atoms with E-state index in [9.17, 15) is 4.79 Å². The smallest absolute Gasteiger partial charge is 0.252 e. The zero-order valence-electron chi connectivity index (χ0n) is 12.4. The highest BCUT2D eigenvalue weighted by Crippen LogP contribution is 2.22. The predicted molar refractivity (Wildman–Crippen MR) is 96.7 cm³/mol. The quantitative estimate of drug-likeness (QED) is 0.671. The number of fused-ring (bicyclic) bond motifs is 1. The first kappa shape index (κ1) is 15.5. The third-order valence-electron chi connectivity index (χ3n) is 3.48. The van der Waals surface area contributed by atoms with E-state index in [0.29, 0.717) is 18.7 Å². The largest absolute Gasteiger partial charge is 0.383 e. The molecule has 1 amide bonds. The van der Waals surface area contributed by atoms with E-state index in [2.05, 4.69) is 49.7 Å². The molecule has 1 aromatic heterocycles. The second kappa shape index (κ2) is 7.24. The number of pyridine rings is 1. The highest BCUT2D eigenvalue weighted by Gasteiger charge is 2.05. The summed E-state index contributed by atoms with van der Waals surface area (Å²) in [5.41, 5.74) is 1.62. The fourth-order valence-electron chi connectivity index (χ4n) is 2.39. The maximum atomic E-state index is 12.0. The number of carbonyl (C=O) groups excluding carboxylic acids is 1. The molecule has 4 nitrogen and oxygen atoms in total. The lowest BCUT2D eigenvalue weighted by Gasteiger charge is -2.10. The van der Waals surface area contributed by atoms with Gasteiger partial charge in [0.1, 0.15) is 0 Å². The van der Waals surface area contributed by atoms with Gasteiger partial charge in [-0.15, -0.1) is 0 Å². The minimum Gasteiger partial charge on any atom is -0.383 e. The van der Waals surface area contributed by atoms with Crippen LogP contribution < -0.4 is 10.6 Å². The van der Waals surface area contributed by atoms with Gasteiger partial charge in [-0.3, -0.25) is 9.78 Å². The van der Waals surface area contributed by atoms with Crippen LogP contribution in [0.1, 0.15) is 10.4 Å². The Hall–Kier alpha value is -2.40. The van der Waals surface area contributed by atoms with E-state index >= 15 is 0 Å². The summed E-state index contributed by atoms with van der Waals surface area (Å²) in [5.74, 6) is -0.126. The van der Waals surface area contributed by atoms with Crippen LogP contribution >= 0.6 is 15.9 Å². The molecule has 116 valence electrons. The minimum atomic E-state index is -0.126. The highest BCUT2D eigenvalue weighted by molar-refractivity contribution is 9.10. The van der Waals surface area contributed by atoms with Crippen LogP contribution in [0, 0.1) is 0 Å². The lowest BCUT2D eigenvalue weighted by atomic mass is 10.1. The Morgan fingerprint density at radius 3 is 2.74 bits per heavy atom. The molecule has 0 aliphatic heterocycles. The maximum absolute atomic E-state index is 12.0. The molecule has 0 atom stereocenters. The molecular weight excluding hydrogens is 354 g/mol. The summed E-state index contributed by atoms with van der Waals surface area (Å²) in [5, 5.41) is 8.62. The van der Waals surface area contributed by atoms with Gasteiger partial charge in [0.05, 0.1) is 5.56 Å². The van der Waals surface area contributed by atoms with Crippen molar-refractivity contribution in [1.29, 1.82) is 0 Å². The molecule has 0 saturated carbocycles. The van der Waals surface area contributed by atoms with Crippen molar-refractivity contribution in [3.8, 4) is 0 Å². The normalized spacial score (nSPS) is 10.5. The van der Waals surface area contributed by atoms with Crippen molar-refractivity contribution in [2.45, 2.75) is 0 Å². The van der Waals surface area contributed by atoms with Crippen molar-refractivity contribution >= 4 is 38.3 Å². The van der Waals surface area contributed by atoms with E-state index in [0.717, 1.165) is 10.2 Å². The molecule has 23 heavy (non-hydrogen) atoms. The number of rotatable bonds is 5. The van der Waals surface area contributed by atoms with E-state index in [-0.39, 0.29) is 5.91 Å². The minimum absolute atomic E-state index is 0.126. The van der Waals surface area contributed by atoms with Gasteiger partial charge in [0, 0.05) is 41.0 Å². The summed E-state index contributed by atoms with van der Waals surface area (Å²) in [6.45, 7) is 1.19. The third kappa shape index (κ3) is 3.87. The monoisotopic (exact) mass is 369 g/mol. The predicted octanol–water partition coefficient (Wildman–Crippen LogP) is 3.84. The topological polar surface area (TPSA) is 54.0 Å². The Morgan fingerprint density at radius 2 is 1.87 bits per heavy atom. The second-order valence-corrected chi connectivity index (χ2v) is 6.02. The Kier molecular flexibility index (Phi) is 4.88. The molecule has 2 N–H and O–H groups in total. The number of amides is 1. The number of carbonyl (C=O) groups is 1. The summed E-state index contributed by atoms with van der Waals surface area (Å²) in [7, 11) is 0. The Balaban J connectivity index is 1.56. The van der Waals surface area contributed by atoms with Gasteiger partial charge in [-0.1, -0.05) is 36.4 Å². The number of aromatic nitrogens is 1. The van der Waals surface area contributed by atoms with Crippen LogP contribution in [0.4, 0.5) is 5.69 Å². The number of hydrogen-bond donors (Lipinski definition) is 2. The van der Waals surface area contributed by atoms with Crippen molar-refractivity contribution in [2.75, 3.05) is 18.4 Å². The second-order valence-electron chi connectivity index (χ2n) is 5.10. The molecule has 0 radical (unpaired) electrons. The summed E-state index contributed by atoms with van der Waals surface area (Å²) in [4.78, 5) is 16.0. The van der Waals surface area contributed by atoms with Crippen LogP contribution in [0.3, 0.4) is 0 Å². The lowest BCUT2D eigenvalue weighted by molar-refractivity contribution is 0.0955. The van der Waals surface area contributed by atoms with Gasteiger partial charge in [-0.25, -0.2) is 0 Å². The van der Waals surface area contributed by atoms with Crippen molar-refractivity contribution in [3.63, 3.8) is 0 Å². The number of nitrogens with one attached hydrogen (secondary N) is 2. The van der Waals surface area contributed by atoms with Crippen molar-refractivity contribution in [2.24, 2.45) is 0 Å². The molecule has 0 saturated heterocycles. The van der Waals surface area contributed by atoms with Gasteiger partial charge in [0.15, 0.2) is 0 Å². The Bertz CT molecular complexity index is 830. The molecule has 0 unspecified atom stereocenters. The maximum Gasteiger partial charge on any atom is 0.252 e. The summed E-state index contributed by atoms with van der Waals surface area (Å²) < 4.78 is 0.791. The van der Waals surface area contributed by atoms with Crippen LogP contribution in [0.2, 0.25) is 0 Å². The Morgan fingerprint density at radius 1 is 1.04 bits per heavy atom. The SMILES string of the molecule is O=C(NCCNc1cccc2ccccc12)c1cncc(Br)c1. The van der Waals surface area contributed by atoms with Gasteiger partial charge in [-0.05, 0) is 33.4 Å². The van der Waals surface area contributed by atoms with E-state index < -0.39 is 0 Å². The summed E-state index contributed by atoms with van der Waals surface area (Å²) >= 11 is 3.31. The average molecular weight is 370 g/mol. The summed E-state index contributed by atoms with van der Waals surface area (Å²) in [6, 6.07) is 16.1. The molecule has 0 fully saturated rings. The van der Waals surface area contributed by atoms with E-state index in [1.807, 2.05) is 24.3 Å². The molecule has 5 heteroatoms. The molecule has 2 aromatic carbocycles. The van der Waals surface area contributed by atoms with Crippen LogP contribution in [0.25, 0.3) is 10.8 Å².